The third-order valence-corrected chi connectivity index (χ3v) is 9.68. The van der Waals surface area contributed by atoms with Crippen molar-refractivity contribution in [1.82, 2.24) is 41.0 Å². The van der Waals surface area contributed by atoms with E-state index >= 15 is 0 Å². The first kappa shape index (κ1) is 41.5. The van der Waals surface area contributed by atoms with Crippen LogP contribution in [0.3, 0.4) is 0 Å². The van der Waals surface area contributed by atoms with Gasteiger partial charge in [-0.05, 0) is 61.2 Å². The normalized spacial score (nSPS) is 20.1. The van der Waals surface area contributed by atoms with Gasteiger partial charge < -0.3 is 56.6 Å². The van der Waals surface area contributed by atoms with Gasteiger partial charge in [0.25, 0.3) is 5.56 Å². The number of carbonyl (C=O) groups excluding carboxylic acids is 4. The van der Waals surface area contributed by atoms with Crippen molar-refractivity contribution in [3.8, 4) is 11.5 Å². The van der Waals surface area contributed by atoms with Crippen LogP contribution in [0.1, 0.15) is 43.2 Å². The lowest BCUT2D eigenvalue weighted by Gasteiger charge is -2.35. The quantitative estimate of drug-likeness (QED) is 0.0956. The van der Waals surface area contributed by atoms with Crippen molar-refractivity contribution in [2.45, 2.75) is 82.2 Å². The number of carbonyl (C=O) groups is 5. The fourth-order valence-electron chi connectivity index (χ4n) is 6.40. The number of aromatic hydroxyl groups is 2. The molecule has 3 aromatic rings. The van der Waals surface area contributed by atoms with Gasteiger partial charge in [-0.2, -0.15) is 0 Å². The number of H-pyrrole nitrogens is 1. The van der Waals surface area contributed by atoms with Crippen LogP contribution in [0.15, 0.2) is 76.3 Å². The molecule has 7 unspecified atom stereocenters. The second-order valence-electron chi connectivity index (χ2n) is 13.8. The van der Waals surface area contributed by atoms with Crippen LogP contribution in [0.25, 0.3) is 0 Å². The van der Waals surface area contributed by atoms with E-state index in [2.05, 4.69) is 31.6 Å². The summed E-state index contributed by atoms with van der Waals surface area (Å²) in [6.45, 7) is 3.14. The Balaban J connectivity index is 1.30. The molecular weight excluding hydrogens is 748 g/mol. The Kier molecular flexibility index (Phi) is 13.0. The molecule has 20 nitrogen and oxygen atoms in total. The number of amides is 5. The Morgan fingerprint density at radius 1 is 0.965 bits per heavy atom. The zero-order valence-corrected chi connectivity index (χ0v) is 31.1. The highest BCUT2D eigenvalue weighted by Gasteiger charge is 2.37. The predicted molar refractivity (Wildman–Crippen MR) is 199 cm³/mol. The summed E-state index contributed by atoms with van der Waals surface area (Å²) in [5.41, 5.74) is 0.597. The first-order valence-electron chi connectivity index (χ1n) is 17.8. The first-order valence-corrected chi connectivity index (χ1v) is 17.8. The Labute approximate surface area is 324 Å². The van der Waals surface area contributed by atoms with Crippen molar-refractivity contribution in [3.63, 3.8) is 0 Å². The molecule has 3 heterocycles. The van der Waals surface area contributed by atoms with E-state index in [0.717, 1.165) is 34.2 Å². The van der Waals surface area contributed by atoms with E-state index < -0.39 is 83.5 Å². The standard InChI is InChI=1S/C37H44N8O12/c1-18(40-36(55)41-27(35(53)54)12-20-5-4-6-23(46)11-20)31(50)43-30(19(2)44(3)33(52)26-14-22-13-24(47)8-7-21(22)16-38-26)32(51)39-17-25-15-28(48)34(57-25)45-10-9-29(49)42-37(45)56/h4-11,13,17-19,26-28,30,34,38,46-48H,12,14-16H2,1-3H3,(H,39,51)(H,43,50)(H,53,54)(H2,40,41,55)(H,42,49,56)/b25-17-. The number of aromatic nitrogens is 2. The Bertz CT molecular complexity index is 2170. The molecule has 0 aliphatic carbocycles. The van der Waals surface area contributed by atoms with Gasteiger partial charge in [-0.3, -0.25) is 28.7 Å². The summed E-state index contributed by atoms with van der Waals surface area (Å²) < 4.78 is 6.65. The average molecular weight is 793 g/mol. The highest BCUT2D eigenvalue weighted by Crippen LogP contribution is 2.30. The molecule has 1 aromatic heterocycles. The molecular formula is C37H44N8O12. The number of phenols is 2. The molecule has 10 N–H and O–H groups in total. The zero-order chi connectivity index (χ0) is 41.6. The second-order valence-corrected chi connectivity index (χ2v) is 13.8. The van der Waals surface area contributed by atoms with Crippen molar-refractivity contribution in [2.75, 3.05) is 7.05 Å². The lowest BCUT2D eigenvalue weighted by Crippen LogP contribution is -2.62. The molecule has 0 spiro atoms. The molecule has 2 aromatic carbocycles. The third kappa shape index (κ3) is 10.3. The van der Waals surface area contributed by atoms with E-state index in [1.54, 1.807) is 24.3 Å². The predicted octanol–water partition coefficient (Wildman–Crippen LogP) is -1.38. The Morgan fingerprint density at radius 3 is 2.40 bits per heavy atom. The molecule has 2 aliphatic rings. The molecule has 0 bridgehead atoms. The number of likely N-dealkylation sites (N-methyl/N-ethyl adjacent to an activating group) is 1. The van der Waals surface area contributed by atoms with Gasteiger partial charge in [0.15, 0.2) is 0 Å². The number of ether oxygens (including phenoxy) is 1. The number of fused-ring (bicyclic) bond motifs is 1. The summed E-state index contributed by atoms with van der Waals surface area (Å²) in [5, 5.41) is 52.8. The molecule has 5 amide bonds. The molecule has 2 aliphatic heterocycles. The van der Waals surface area contributed by atoms with Gasteiger partial charge in [-0.15, -0.1) is 0 Å². The number of nitrogens with one attached hydrogen (secondary N) is 6. The number of benzene rings is 2. The van der Waals surface area contributed by atoms with Gasteiger partial charge in [0.1, 0.15) is 41.5 Å². The highest BCUT2D eigenvalue weighted by atomic mass is 16.5. The summed E-state index contributed by atoms with van der Waals surface area (Å²) in [4.78, 5) is 93.0. The Hall–Kier alpha value is -6.67. The number of hydrogen-bond acceptors (Lipinski definition) is 12. The molecule has 304 valence electrons. The minimum Gasteiger partial charge on any atom is -0.508 e. The van der Waals surface area contributed by atoms with Gasteiger partial charge >= 0.3 is 17.7 Å². The number of hydrogen-bond donors (Lipinski definition) is 10. The zero-order valence-electron chi connectivity index (χ0n) is 31.1. The van der Waals surface area contributed by atoms with Crippen LogP contribution in [0, 0.1) is 0 Å². The largest absolute Gasteiger partial charge is 0.508 e. The molecule has 5 rings (SSSR count). The molecule has 7 atom stereocenters. The molecule has 1 fully saturated rings. The molecule has 0 saturated carbocycles. The number of phenolic OH excluding ortho intramolecular Hbond substituents is 2. The topological polar surface area (TPSA) is 294 Å². The first-order chi connectivity index (χ1) is 27.0. The maximum absolute atomic E-state index is 13.8. The van der Waals surface area contributed by atoms with Crippen LogP contribution >= 0.6 is 0 Å². The van der Waals surface area contributed by atoms with Crippen LogP contribution in [0.5, 0.6) is 11.5 Å². The SMILES string of the molecule is CC(NC(=O)NC(Cc1cccc(O)c1)C(=O)O)C(=O)NC(C(=O)N/C=C1/CC(O)C(n2ccc(=O)[nH]c2=O)O1)C(C)N(C)C(=O)C1Cc2cc(O)ccc2CN1. The fourth-order valence-corrected chi connectivity index (χ4v) is 6.40. The minimum absolute atomic E-state index is 0.0411. The van der Waals surface area contributed by atoms with Crippen molar-refractivity contribution in [1.29, 1.82) is 0 Å². The smallest absolute Gasteiger partial charge is 0.331 e. The second kappa shape index (κ2) is 17.9. The summed E-state index contributed by atoms with van der Waals surface area (Å²) >= 11 is 0. The van der Waals surface area contributed by atoms with Crippen LogP contribution in [0.2, 0.25) is 0 Å². The van der Waals surface area contributed by atoms with E-state index in [9.17, 15) is 54.0 Å². The van der Waals surface area contributed by atoms with Crippen LogP contribution in [-0.4, -0.2) is 108 Å². The van der Waals surface area contributed by atoms with E-state index in [1.807, 2.05) is 0 Å². The maximum Gasteiger partial charge on any atom is 0.331 e. The van der Waals surface area contributed by atoms with Crippen LogP contribution in [0.4, 0.5) is 4.79 Å². The number of urea groups is 1. The minimum atomic E-state index is -1.47. The van der Waals surface area contributed by atoms with E-state index in [1.165, 1.54) is 44.0 Å². The summed E-state index contributed by atoms with van der Waals surface area (Å²) in [7, 11) is 1.44. The van der Waals surface area contributed by atoms with Crippen molar-refractivity contribution < 1.29 is 49.1 Å². The lowest BCUT2D eigenvalue weighted by atomic mass is 9.94. The Morgan fingerprint density at radius 2 is 1.70 bits per heavy atom. The van der Waals surface area contributed by atoms with Gasteiger partial charge in [0.2, 0.25) is 23.9 Å². The summed E-state index contributed by atoms with van der Waals surface area (Å²) in [6, 6.07) is 4.71. The maximum atomic E-state index is 13.8. The third-order valence-electron chi connectivity index (χ3n) is 9.68. The van der Waals surface area contributed by atoms with E-state index in [0.29, 0.717) is 12.1 Å². The summed E-state index contributed by atoms with van der Waals surface area (Å²) in [5.74, 6) is -3.54. The van der Waals surface area contributed by atoms with Crippen LogP contribution in [-0.2, 0) is 43.3 Å². The van der Waals surface area contributed by atoms with Gasteiger partial charge in [0, 0.05) is 44.9 Å². The van der Waals surface area contributed by atoms with Gasteiger partial charge in [-0.1, -0.05) is 18.2 Å². The summed E-state index contributed by atoms with van der Waals surface area (Å²) in [6.07, 6.45) is -0.314. The number of rotatable bonds is 13. The number of aromatic amines is 1. The molecule has 1 saturated heterocycles. The molecule has 57 heavy (non-hydrogen) atoms. The van der Waals surface area contributed by atoms with Crippen molar-refractivity contribution >= 4 is 29.7 Å². The van der Waals surface area contributed by atoms with Crippen molar-refractivity contribution in [3.05, 3.63) is 104 Å². The average Bonchev–Trinajstić information content (AvgIpc) is 3.53. The lowest BCUT2D eigenvalue weighted by molar-refractivity contribution is -0.139. The van der Waals surface area contributed by atoms with Crippen molar-refractivity contribution in [2.24, 2.45) is 0 Å². The molecule has 20 heteroatoms. The van der Waals surface area contributed by atoms with E-state index in [4.69, 9.17) is 4.74 Å². The number of carboxylic acids is 1. The van der Waals surface area contributed by atoms with Gasteiger partial charge in [0.05, 0.1) is 12.1 Å². The highest BCUT2D eigenvalue weighted by molar-refractivity contribution is 5.93. The number of aliphatic hydroxyl groups is 1. The number of aliphatic hydroxyl groups excluding tert-OH is 1. The molecule has 0 radical (unpaired) electrons. The fraction of sp³-hybridized carbons (Fsp3) is 0.378. The number of aliphatic carboxylic acids is 1. The number of carboxylic acid groups (broad SMARTS) is 1. The number of nitrogens with zero attached hydrogens (tertiary/aromatic N) is 2. The van der Waals surface area contributed by atoms with Gasteiger partial charge in [-0.25, -0.2) is 14.4 Å². The monoisotopic (exact) mass is 792 g/mol. The van der Waals surface area contributed by atoms with Crippen LogP contribution < -0.4 is 37.8 Å². The van der Waals surface area contributed by atoms with E-state index in [-0.39, 0.29) is 36.5 Å².